The van der Waals surface area contributed by atoms with Crippen molar-refractivity contribution in [1.29, 1.82) is 0 Å². The highest BCUT2D eigenvalue weighted by molar-refractivity contribution is 5.21. The molecule has 0 saturated heterocycles. The molecule has 2 unspecified atom stereocenters. The van der Waals surface area contributed by atoms with Crippen molar-refractivity contribution in [2.24, 2.45) is 0 Å². The van der Waals surface area contributed by atoms with Gasteiger partial charge < -0.3 is 4.90 Å². The molecule has 0 amide bonds. The molecule has 0 bridgehead atoms. The van der Waals surface area contributed by atoms with Gasteiger partial charge in [-0.25, -0.2) is 0 Å². The van der Waals surface area contributed by atoms with E-state index in [9.17, 15) is 0 Å². The van der Waals surface area contributed by atoms with E-state index in [0.717, 1.165) is 13.0 Å². The van der Waals surface area contributed by atoms with E-state index in [1.807, 2.05) is 0 Å². The maximum absolute atomic E-state index is 2.68. The van der Waals surface area contributed by atoms with Gasteiger partial charge in [-0.3, -0.25) is 4.90 Å². The van der Waals surface area contributed by atoms with Crippen LogP contribution >= 0.6 is 0 Å². The zero-order chi connectivity index (χ0) is 20.4. The molecule has 0 aliphatic heterocycles. The molecule has 154 valence electrons. The lowest BCUT2D eigenvalue weighted by molar-refractivity contribution is 0.0988. The minimum atomic E-state index is 0.424. The van der Waals surface area contributed by atoms with Gasteiger partial charge in [-0.15, -0.1) is 0 Å². The van der Waals surface area contributed by atoms with E-state index in [2.05, 4.69) is 105 Å². The molecule has 0 heterocycles. The Morgan fingerprint density at radius 1 is 0.750 bits per heavy atom. The van der Waals surface area contributed by atoms with Gasteiger partial charge in [0.25, 0.3) is 0 Å². The van der Waals surface area contributed by atoms with Gasteiger partial charge >= 0.3 is 0 Å². The quantitative estimate of drug-likeness (QED) is 0.412. The molecular weight excluding hydrogens is 340 g/mol. The van der Waals surface area contributed by atoms with Crippen molar-refractivity contribution in [2.45, 2.75) is 78.6 Å². The van der Waals surface area contributed by atoms with Gasteiger partial charge in [-0.1, -0.05) is 74.5 Å². The Morgan fingerprint density at radius 3 is 1.79 bits per heavy atom. The average molecular weight is 381 g/mol. The first-order valence-corrected chi connectivity index (χ1v) is 11.1. The van der Waals surface area contributed by atoms with E-state index in [-0.39, 0.29) is 0 Å². The molecule has 0 aliphatic rings. The fraction of sp³-hybridized carbons (Fsp3) is 0.538. The van der Waals surface area contributed by atoms with E-state index >= 15 is 0 Å². The Bertz CT molecular complexity index is 632. The van der Waals surface area contributed by atoms with Crippen LogP contribution in [0.25, 0.3) is 0 Å². The smallest absolute Gasteiger partial charge is 0.0369 e. The van der Waals surface area contributed by atoms with Gasteiger partial charge in [0.15, 0.2) is 0 Å². The van der Waals surface area contributed by atoms with Gasteiger partial charge in [0, 0.05) is 24.7 Å². The predicted octanol–water partition coefficient (Wildman–Crippen LogP) is 6.54. The third-order valence-corrected chi connectivity index (χ3v) is 5.67. The number of benzene rings is 2. The van der Waals surface area contributed by atoms with Crippen molar-refractivity contribution in [2.75, 3.05) is 13.1 Å². The second-order valence-electron chi connectivity index (χ2n) is 8.30. The predicted molar refractivity (Wildman–Crippen MR) is 123 cm³/mol. The topological polar surface area (TPSA) is 6.48 Å². The molecule has 0 saturated carbocycles. The van der Waals surface area contributed by atoms with Gasteiger partial charge in [-0.2, -0.15) is 0 Å². The molecule has 28 heavy (non-hydrogen) atoms. The first-order valence-electron chi connectivity index (χ1n) is 11.1. The van der Waals surface area contributed by atoms with Crippen LogP contribution in [0.1, 0.15) is 71.0 Å². The summed E-state index contributed by atoms with van der Waals surface area (Å²) in [5.74, 6) is 0. The average Bonchev–Trinajstić information content (AvgIpc) is 2.71. The second-order valence-corrected chi connectivity index (χ2v) is 8.30. The van der Waals surface area contributed by atoms with Gasteiger partial charge in [0.2, 0.25) is 0 Å². The molecular formula is C26H40N2. The standard InChI is InChI=1S/C26H40N2/c1-6-18-27(19-7-2)23(5)20-26(25-16-12-9-13-17-25)28(22(3)4)21-24-14-10-8-11-15-24/h8-17,22-23,26H,6-7,18-21H2,1-5H3. The Kier molecular flexibility index (Phi) is 9.73. The highest BCUT2D eigenvalue weighted by atomic mass is 15.2. The summed E-state index contributed by atoms with van der Waals surface area (Å²) in [6, 6.07) is 23.5. The van der Waals surface area contributed by atoms with Crippen molar-refractivity contribution in [1.82, 2.24) is 9.80 Å². The van der Waals surface area contributed by atoms with Crippen LogP contribution in [-0.4, -0.2) is 35.0 Å². The lowest BCUT2D eigenvalue weighted by Crippen LogP contribution is -2.41. The van der Waals surface area contributed by atoms with Gasteiger partial charge in [-0.05, 0) is 64.3 Å². The molecule has 2 heteroatoms. The highest BCUT2D eigenvalue weighted by Gasteiger charge is 2.26. The maximum Gasteiger partial charge on any atom is 0.0369 e. The van der Waals surface area contributed by atoms with Crippen molar-refractivity contribution in [3.05, 3.63) is 71.8 Å². The normalized spacial score (nSPS) is 14.0. The van der Waals surface area contributed by atoms with Crippen LogP contribution in [0, 0.1) is 0 Å². The van der Waals surface area contributed by atoms with Crippen LogP contribution in [0.3, 0.4) is 0 Å². The maximum atomic E-state index is 2.68. The molecule has 2 aromatic rings. The summed E-state index contributed by atoms with van der Waals surface area (Å²) in [6.45, 7) is 15.0. The summed E-state index contributed by atoms with van der Waals surface area (Å²) in [6.07, 6.45) is 3.60. The Hall–Kier alpha value is -1.64. The SMILES string of the molecule is CCCN(CCC)C(C)CC(c1ccccc1)N(Cc1ccccc1)C(C)C. The van der Waals surface area contributed by atoms with Crippen LogP contribution in [0.4, 0.5) is 0 Å². The van der Waals surface area contributed by atoms with E-state index < -0.39 is 0 Å². The summed E-state index contributed by atoms with van der Waals surface area (Å²) in [5.41, 5.74) is 2.83. The van der Waals surface area contributed by atoms with Crippen LogP contribution in [0.15, 0.2) is 60.7 Å². The molecule has 0 aromatic heterocycles. The van der Waals surface area contributed by atoms with Gasteiger partial charge in [0.1, 0.15) is 0 Å². The Morgan fingerprint density at radius 2 is 1.29 bits per heavy atom. The summed E-state index contributed by atoms with van der Waals surface area (Å²) >= 11 is 0. The molecule has 0 spiro atoms. The third kappa shape index (κ3) is 6.76. The summed E-state index contributed by atoms with van der Waals surface area (Å²) in [4.78, 5) is 5.36. The fourth-order valence-corrected chi connectivity index (χ4v) is 4.18. The fourth-order valence-electron chi connectivity index (χ4n) is 4.18. The number of hydrogen-bond acceptors (Lipinski definition) is 2. The Labute approximate surface area is 173 Å². The minimum Gasteiger partial charge on any atom is -0.301 e. The molecule has 0 aliphatic carbocycles. The van der Waals surface area contributed by atoms with Crippen LogP contribution in [-0.2, 0) is 6.54 Å². The molecule has 2 aromatic carbocycles. The zero-order valence-corrected chi connectivity index (χ0v) is 18.6. The van der Waals surface area contributed by atoms with E-state index in [1.165, 1.54) is 37.1 Å². The van der Waals surface area contributed by atoms with Crippen molar-refractivity contribution in [3.8, 4) is 0 Å². The number of rotatable bonds is 12. The second kappa shape index (κ2) is 12.0. The number of nitrogens with zero attached hydrogens (tertiary/aromatic N) is 2. The Balaban J connectivity index is 2.28. The van der Waals surface area contributed by atoms with Gasteiger partial charge in [0.05, 0.1) is 0 Å². The summed E-state index contributed by atoms with van der Waals surface area (Å²) in [5, 5.41) is 0. The molecule has 2 nitrogen and oxygen atoms in total. The first-order chi connectivity index (χ1) is 13.6. The molecule has 0 radical (unpaired) electrons. The zero-order valence-electron chi connectivity index (χ0n) is 18.6. The van der Waals surface area contributed by atoms with Crippen molar-refractivity contribution >= 4 is 0 Å². The minimum absolute atomic E-state index is 0.424. The van der Waals surface area contributed by atoms with E-state index in [0.29, 0.717) is 18.1 Å². The largest absolute Gasteiger partial charge is 0.301 e. The lowest BCUT2D eigenvalue weighted by atomic mass is 9.95. The van der Waals surface area contributed by atoms with Crippen LogP contribution in [0.2, 0.25) is 0 Å². The lowest BCUT2D eigenvalue weighted by Gasteiger charge is -2.39. The van der Waals surface area contributed by atoms with Crippen molar-refractivity contribution in [3.63, 3.8) is 0 Å². The number of hydrogen-bond donors (Lipinski definition) is 0. The molecule has 2 rings (SSSR count). The van der Waals surface area contributed by atoms with Crippen LogP contribution in [0.5, 0.6) is 0 Å². The molecule has 0 fully saturated rings. The third-order valence-electron chi connectivity index (χ3n) is 5.67. The summed E-state index contributed by atoms with van der Waals surface area (Å²) in [7, 11) is 0. The monoisotopic (exact) mass is 380 g/mol. The van der Waals surface area contributed by atoms with E-state index in [4.69, 9.17) is 0 Å². The molecule has 2 atom stereocenters. The highest BCUT2D eigenvalue weighted by Crippen LogP contribution is 2.31. The molecule has 0 N–H and O–H groups in total. The van der Waals surface area contributed by atoms with Crippen molar-refractivity contribution < 1.29 is 0 Å². The summed E-state index contributed by atoms with van der Waals surface area (Å²) < 4.78 is 0. The first kappa shape index (κ1) is 22.6. The van der Waals surface area contributed by atoms with E-state index in [1.54, 1.807) is 0 Å². The van der Waals surface area contributed by atoms with Crippen LogP contribution < -0.4 is 0 Å².